The molecule has 3 aromatic rings. The molecule has 2 N–H and O–H groups in total. The molecular formula is C22H21ClN2O4S2. The fourth-order valence-corrected chi connectivity index (χ4v) is 4.96. The lowest BCUT2D eigenvalue weighted by atomic mass is 10.2. The molecule has 31 heavy (non-hydrogen) atoms. The molecule has 0 aliphatic heterocycles. The van der Waals surface area contributed by atoms with Gasteiger partial charge in [-0.15, -0.1) is 0 Å². The summed E-state index contributed by atoms with van der Waals surface area (Å²) < 4.78 is 55.5. The summed E-state index contributed by atoms with van der Waals surface area (Å²) in [5.74, 6) is 0. The maximum Gasteiger partial charge on any atom is 0.261 e. The molecule has 0 fully saturated rings. The summed E-state index contributed by atoms with van der Waals surface area (Å²) >= 11 is 6.05. The Kier molecular flexibility index (Phi) is 6.74. The number of anilines is 2. The molecule has 9 heteroatoms. The molecule has 0 saturated carbocycles. The van der Waals surface area contributed by atoms with Crippen LogP contribution in [0.4, 0.5) is 11.4 Å². The zero-order valence-electron chi connectivity index (χ0n) is 16.8. The second-order valence-electron chi connectivity index (χ2n) is 6.92. The Morgan fingerprint density at radius 2 is 1.58 bits per heavy atom. The minimum Gasteiger partial charge on any atom is -0.280 e. The third kappa shape index (κ3) is 6.10. The van der Waals surface area contributed by atoms with Crippen LogP contribution in [0.5, 0.6) is 0 Å². The van der Waals surface area contributed by atoms with Crippen molar-refractivity contribution in [1.29, 1.82) is 0 Å². The zero-order valence-corrected chi connectivity index (χ0v) is 19.2. The summed E-state index contributed by atoms with van der Waals surface area (Å²) in [6.07, 6.45) is 1.37. The summed E-state index contributed by atoms with van der Waals surface area (Å²) in [7, 11) is -7.81. The van der Waals surface area contributed by atoms with E-state index in [-0.39, 0.29) is 10.6 Å². The molecule has 3 aromatic carbocycles. The lowest BCUT2D eigenvalue weighted by Crippen LogP contribution is -2.15. The molecule has 0 bridgehead atoms. The molecule has 0 unspecified atom stereocenters. The van der Waals surface area contributed by atoms with Gasteiger partial charge < -0.3 is 0 Å². The van der Waals surface area contributed by atoms with Gasteiger partial charge in [-0.3, -0.25) is 9.44 Å². The molecule has 0 aliphatic carbocycles. The Balaban J connectivity index is 1.86. The van der Waals surface area contributed by atoms with E-state index in [1.54, 1.807) is 55.5 Å². The van der Waals surface area contributed by atoms with Crippen molar-refractivity contribution in [2.75, 3.05) is 9.44 Å². The summed E-state index contributed by atoms with van der Waals surface area (Å²) in [6.45, 7) is 3.53. The fraction of sp³-hybridized carbons (Fsp3) is 0.0909. The van der Waals surface area contributed by atoms with Gasteiger partial charge in [0.05, 0.1) is 16.0 Å². The predicted octanol–water partition coefficient (Wildman–Crippen LogP) is 5.17. The van der Waals surface area contributed by atoms with E-state index in [4.69, 9.17) is 11.6 Å². The monoisotopic (exact) mass is 476 g/mol. The first-order chi connectivity index (χ1) is 14.6. The quantitative estimate of drug-likeness (QED) is 0.492. The van der Waals surface area contributed by atoms with Crippen molar-refractivity contribution in [2.24, 2.45) is 0 Å². The standard InChI is InChI=1S/C22H21ClN2O4S2/c1-16-6-5-8-19(14-16)24-31(28,29)20-11-10-17(2)22(15-20)25-30(26,27)13-12-18-7-3-4-9-21(18)23/h3-15,24-25H,1-2H3. The second-order valence-corrected chi connectivity index (χ2v) is 10.6. The molecule has 0 heterocycles. The van der Waals surface area contributed by atoms with Crippen molar-refractivity contribution in [3.05, 3.63) is 93.9 Å². The van der Waals surface area contributed by atoms with Crippen LogP contribution in [0.2, 0.25) is 5.02 Å². The van der Waals surface area contributed by atoms with Gasteiger partial charge in [0.15, 0.2) is 0 Å². The Hall–Kier alpha value is -2.81. The third-order valence-corrected chi connectivity index (χ3v) is 7.10. The SMILES string of the molecule is Cc1cccc(NS(=O)(=O)c2ccc(C)c(NS(=O)(=O)C=Cc3ccccc3Cl)c2)c1. The van der Waals surface area contributed by atoms with Crippen molar-refractivity contribution in [3.63, 3.8) is 0 Å². The van der Waals surface area contributed by atoms with Crippen molar-refractivity contribution in [3.8, 4) is 0 Å². The Labute approximate surface area is 187 Å². The van der Waals surface area contributed by atoms with Crippen LogP contribution in [0, 0.1) is 13.8 Å². The van der Waals surface area contributed by atoms with Gasteiger partial charge in [0.25, 0.3) is 20.0 Å². The largest absolute Gasteiger partial charge is 0.280 e. The Morgan fingerprint density at radius 1 is 0.839 bits per heavy atom. The highest BCUT2D eigenvalue weighted by atomic mass is 35.5. The summed E-state index contributed by atoms with van der Waals surface area (Å²) in [5, 5.41) is 1.40. The average Bonchev–Trinajstić information content (AvgIpc) is 2.68. The lowest BCUT2D eigenvalue weighted by Gasteiger charge is -2.12. The highest BCUT2D eigenvalue weighted by Crippen LogP contribution is 2.24. The highest BCUT2D eigenvalue weighted by Gasteiger charge is 2.17. The van der Waals surface area contributed by atoms with Gasteiger partial charge in [-0.2, -0.15) is 0 Å². The van der Waals surface area contributed by atoms with Gasteiger partial charge in [0.1, 0.15) is 0 Å². The van der Waals surface area contributed by atoms with Crippen LogP contribution in [0.25, 0.3) is 6.08 Å². The first kappa shape index (κ1) is 22.9. The van der Waals surface area contributed by atoms with Crippen LogP contribution < -0.4 is 9.44 Å². The van der Waals surface area contributed by atoms with E-state index in [2.05, 4.69) is 9.44 Å². The third-order valence-electron chi connectivity index (χ3n) is 4.37. The molecule has 0 aliphatic rings. The predicted molar refractivity (Wildman–Crippen MR) is 126 cm³/mol. The summed E-state index contributed by atoms with van der Waals surface area (Å²) in [5.41, 5.74) is 2.61. The maximum atomic E-state index is 12.8. The molecule has 6 nitrogen and oxygen atoms in total. The number of sulfonamides is 2. The molecule has 3 rings (SSSR count). The normalized spacial score (nSPS) is 12.1. The first-order valence-corrected chi connectivity index (χ1v) is 12.6. The first-order valence-electron chi connectivity index (χ1n) is 9.21. The van der Waals surface area contributed by atoms with Crippen LogP contribution in [-0.4, -0.2) is 16.8 Å². The second kappa shape index (κ2) is 9.13. The minimum atomic E-state index is -3.91. The number of nitrogens with one attached hydrogen (secondary N) is 2. The number of benzene rings is 3. The van der Waals surface area contributed by atoms with Gasteiger partial charge in [0, 0.05) is 10.7 Å². The van der Waals surface area contributed by atoms with Crippen LogP contribution in [0.15, 0.2) is 77.0 Å². The number of hydrogen-bond donors (Lipinski definition) is 2. The van der Waals surface area contributed by atoms with Crippen LogP contribution >= 0.6 is 11.6 Å². The van der Waals surface area contributed by atoms with Crippen molar-refractivity contribution >= 4 is 49.1 Å². The lowest BCUT2D eigenvalue weighted by molar-refractivity contribution is 0.600. The van der Waals surface area contributed by atoms with E-state index in [0.717, 1.165) is 11.0 Å². The molecule has 0 aromatic heterocycles. The highest BCUT2D eigenvalue weighted by molar-refractivity contribution is 7.95. The van der Waals surface area contributed by atoms with Crippen LogP contribution in [0.3, 0.4) is 0 Å². The van der Waals surface area contributed by atoms with E-state index in [0.29, 0.717) is 21.8 Å². The summed E-state index contributed by atoms with van der Waals surface area (Å²) in [6, 6.07) is 18.0. The van der Waals surface area contributed by atoms with Crippen LogP contribution in [-0.2, 0) is 20.0 Å². The molecule has 0 amide bonds. The van der Waals surface area contributed by atoms with E-state index >= 15 is 0 Å². The van der Waals surface area contributed by atoms with E-state index < -0.39 is 20.0 Å². The molecular weight excluding hydrogens is 456 g/mol. The van der Waals surface area contributed by atoms with E-state index in [9.17, 15) is 16.8 Å². The van der Waals surface area contributed by atoms with Gasteiger partial charge in [-0.05, 0) is 66.9 Å². The smallest absolute Gasteiger partial charge is 0.261 e. The van der Waals surface area contributed by atoms with E-state index in [1.165, 1.54) is 18.2 Å². The van der Waals surface area contributed by atoms with Crippen LogP contribution in [0.1, 0.15) is 16.7 Å². The average molecular weight is 477 g/mol. The molecule has 0 atom stereocenters. The van der Waals surface area contributed by atoms with Gasteiger partial charge in [0.2, 0.25) is 0 Å². The van der Waals surface area contributed by atoms with Crippen molar-refractivity contribution in [2.45, 2.75) is 18.7 Å². The number of rotatable bonds is 7. The Bertz CT molecular complexity index is 1350. The molecule has 0 saturated heterocycles. The van der Waals surface area contributed by atoms with Gasteiger partial charge in [-0.1, -0.05) is 48.0 Å². The van der Waals surface area contributed by atoms with Gasteiger partial charge in [-0.25, -0.2) is 16.8 Å². The Morgan fingerprint density at radius 3 is 2.29 bits per heavy atom. The number of aryl methyl sites for hydroxylation is 2. The van der Waals surface area contributed by atoms with Crippen molar-refractivity contribution < 1.29 is 16.8 Å². The molecule has 0 spiro atoms. The molecule has 162 valence electrons. The fourth-order valence-electron chi connectivity index (χ4n) is 2.76. The number of halogens is 1. The van der Waals surface area contributed by atoms with E-state index in [1.807, 2.05) is 13.0 Å². The zero-order chi connectivity index (χ0) is 22.6. The minimum absolute atomic E-state index is 0.0626. The summed E-state index contributed by atoms with van der Waals surface area (Å²) in [4.78, 5) is -0.0626. The topological polar surface area (TPSA) is 92.3 Å². The maximum absolute atomic E-state index is 12.8. The molecule has 0 radical (unpaired) electrons. The number of hydrogen-bond acceptors (Lipinski definition) is 4. The van der Waals surface area contributed by atoms with Crippen molar-refractivity contribution in [1.82, 2.24) is 0 Å². The van der Waals surface area contributed by atoms with Gasteiger partial charge >= 0.3 is 0 Å².